The Hall–Kier alpha value is -3.17. The molecule has 37 heavy (non-hydrogen) atoms. The maximum atomic E-state index is 13.4. The zero-order valence-electron chi connectivity index (χ0n) is 19.8. The van der Waals surface area contributed by atoms with E-state index in [1.54, 1.807) is 36.4 Å². The average molecular weight is 568 g/mol. The Morgan fingerprint density at radius 2 is 1.76 bits per heavy atom. The van der Waals surface area contributed by atoms with Crippen LogP contribution in [-0.4, -0.2) is 26.1 Å². The molecule has 0 aliphatic carbocycles. The van der Waals surface area contributed by atoms with Crippen LogP contribution in [-0.2, 0) is 5.75 Å². The molecular formula is C27H20Cl2N4O2S2. The summed E-state index contributed by atoms with van der Waals surface area (Å²) in [7, 11) is 0. The molecule has 0 spiro atoms. The summed E-state index contributed by atoms with van der Waals surface area (Å²) >= 11 is 15.3. The van der Waals surface area contributed by atoms with Crippen LogP contribution in [0.15, 0.2) is 74.8 Å². The summed E-state index contributed by atoms with van der Waals surface area (Å²) in [5.74, 6) is 0.357. The van der Waals surface area contributed by atoms with Crippen LogP contribution in [0.1, 0.15) is 22.3 Å². The van der Waals surface area contributed by atoms with Crippen molar-refractivity contribution in [3.05, 3.63) is 103 Å². The third-order valence-electron chi connectivity index (χ3n) is 5.80. The van der Waals surface area contributed by atoms with Gasteiger partial charge in [0.05, 0.1) is 11.3 Å². The lowest BCUT2D eigenvalue weighted by Gasteiger charge is -2.15. The lowest BCUT2D eigenvalue weighted by molar-refractivity contribution is 0.436. The predicted molar refractivity (Wildman–Crippen MR) is 154 cm³/mol. The molecule has 10 heteroatoms. The first-order valence-electron chi connectivity index (χ1n) is 11.2. The van der Waals surface area contributed by atoms with Gasteiger partial charge in [0.2, 0.25) is 11.0 Å². The summed E-state index contributed by atoms with van der Waals surface area (Å²) in [6, 6.07) is 18.3. The van der Waals surface area contributed by atoms with E-state index in [0.717, 1.165) is 16.7 Å². The molecule has 0 bridgehead atoms. The molecule has 5 rings (SSSR count). The molecule has 0 amide bonds. The fourth-order valence-corrected chi connectivity index (χ4v) is 6.43. The van der Waals surface area contributed by atoms with Crippen molar-refractivity contribution >= 4 is 68.4 Å². The molecule has 0 atom stereocenters. The molecule has 0 aliphatic heterocycles. The van der Waals surface area contributed by atoms with Crippen molar-refractivity contribution in [2.45, 2.75) is 23.9 Å². The third-order valence-corrected chi connectivity index (χ3v) is 8.50. The van der Waals surface area contributed by atoms with Crippen molar-refractivity contribution in [1.29, 1.82) is 0 Å². The van der Waals surface area contributed by atoms with Crippen molar-refractivity contribution in [2.24, 2.45) is 4.99 Å². The van der Waals surface area contributed by atoms with Crippen molar-refractivity contribution < 1.29 is 5.11 Å². The first-order valence-corrected chi connectivity index (χ1v) is 13.8. The van der Waals surface area contributed by atoms with Crippen molar-refractivity contribution in [2.75, 3.05) is 0 Å². The monoisotopic (exact) mass is 566 g/mol. The lowest BCUT2D eigenvalue weighted by Crippen LogP contribution is -2.21. The molecule has 186 valence electrons. The third kappa shape index (κ3) is 5.15. The Kier molecular flexibility index (Phi) is 7.35. The summed E-state index contributed by atoms with van der Waals surface area (Å²) in [5.41, 5.74) is 3.51. The molecule has 0 fully saturated rings. The van der Waals surface area contributed by atoms with Crippen LogP contribution in [0.25, 0.3) is 16.5 Å². The number of fused-ring (bicyclic) bond motifs is 1. The molecule has 0 unspecified atom stereocenters. The molecule has 5 aromatic rings. The second-order valence-electron chi connectivity index (χ2n) is 8.31. The van der Waals surface area contributed by atoms with Crippen molar-refractivity contribution in [3.63, 3.8) is 0 Å². The number of pyridine rings is 1. The minimum absolute atomic E-state index is 0.188. The van der Waals surface area contributed by atoms with Crippen LogP contribution in [0.5, 0.6) is 5.88 Å². The predicted octanol–water partition coefficient (Wildman–Crippen LogP) is 7.51. The SMILES string of the molecule is Cc1ccc(-n2c(O)c(C=Nc3nnc(SCc4c(Cl)cccc4Cl)s3)c3ccccc3c2=O)c(C)c1. The highest BCUT2D eigenvalue weighted by atomic mass is 35.5. The van der Waals surface area contributed by atoms with E-state index in [4.69, 9.17) is 23.2 Å². The van der Waals surface area contributed by atoms with Gasteiger partial charge in [0.25, 0.3) is 5.56 Å². The van der Waals surface area contributed by atoms with Gasteiger partial charge in [-0.3, -0.25) is 4.79 Å². The Balaban J connectivity index is 1.50. The van der Waals surface area contributed by atoms with Gasteiger partial charge in [0, 0.05) is 32.8 Å². The molecule has 1 N–H and O–H groups in total. The molecule has 0 aliphatic rings. The van der Waals surface area contributed by atoms with E-state index >= 15 is 0 Å². The number of aliphatic imine (C=N–C) groups is 1. The van der Waals surface area contributed by atoms with Gasteiger partial charge < -0.3 is 5.11 Å². The van der Waals surface area contributed by atoms with Crippen LogP contribution < -0.4 is 5.56 Å². The molecule has 0 saturated heterocycles. The van der Waals surface area contributed by atoms with Crippen molar-refractivity contribution in [1.82, 2.24) is 14.8 Å². The fourth-order valence-electron chi connectivity index (χ4n) is 4.01. The Bertz CT molecular complexity index is 1710. The normalized spacial score (nSPS) is 11.6. The van der Waals surface area contributed by atoms with E-state index in [0.29, 0.717) is 47.3 Å². The quantitative estimate of drug-likeness (QED) is 0.170. The number of hydrogen-bond donors (Lipinski definition) is 1. The van der Waals surface area contributed by atoms with Gasteiger partial charge in [-0.25, -0.2) is 9.56 Å². The molecular weight excluding hydrogens is 547 g/mol. The number of aromatic hydroxyl groups is 1. The standard InChI is InChI=1S/C27H20Cl2N4O2S2/c1-15-10-11-23(16(2)12-15)33-24(34)18-7-4-3-6-17(18)19(25(33)35)13-30-26-31-32-27(37-26)36-14-20-21(28)8-5-9-22(20)29/h3-13,35H,14H2,1-2H3. The maximum absolute atomic E-state index is 13.4. The molecule has 0 radical (unpaired) electrons. The molecule has 2 aromatic heterocycles. The number of halogens is 2. The second-order valence-corrected chi connectivity index (χ2v) is 11.3. The number of rotatable bonds is 6. The largest absolute Gasteiger partial charge is 0.494 e. The highest BCUT2D eigenvalue weighted by Gasteiger charge is 2.18. The van der Waals surface area contributed by atoms with Crippen LogP contribution in [0.3, 0.4) is 0 Å². The van der Waals surface area contributed by atoms with Gasteiger partial charge in [-0.15, -0.1) is 10.2 Å². The highest BCUT2D eigenvalue weighted by Crippen LogP contribution is 2.35. The average Bonchev–Trinajstić information content (AvgIpc) is 3.33. The van der Waals surface area contributed by atoms with Gasteiger partial charge in [-0.1, -0.05) is 88.3 Å². The van der Waals surface area contributed by atoms with E-state index in [-0.39, 0.29) is 11.4 Å². The van der Waals surface area contributed by atoms with Gasteiger partial charge in [0.15, 0.2) is 4.34 Å². The van der Waals surface area contributed by atoms with E-state index < -0.39 is 0 Å². The number of thioether (sulfide) groups is 1. The molecule has 2 heterocycles. The topological polar surface area (TPSA) is 80.4 Å². The lowest BCUT2D eigenvalue weighted by atomic mass is 10.1. The van der Waals surface area contributed by atoms with Gasteiger partial charge in [0.1, 0.15) is 0 Å². The summed E-state index contributed by atoms with van der Waals surface area (Å²) < 4.78 is 2.03. The summed E-state index contributed by atoms with van der Waals surface area (Å²) in [5, 5.41) is 22.3. The minimum atomic E-state index is -0.301. The summed E-state index contributed by atoms with van der Waals surface area (Å²) in [6.45, 7) is 3.89. The zero-order valence-corrected chi connectivity index (χ0v) is 22.9. The van der Waals surface area contributed by atoms with E-state index in [2.05, 4.69) is 15.2 Å². The highest BCUT2D eigenvalue weighted by molar-refractivity contribution is 8.00. The van der Waals surface area contributed by atoms with Crippen LogP contribution in [0.4, 0.5) is 5.13 Å². The Morgan fingerprint density at radius 3 is 2.49 bits per heavy atom. The number of aromatic nitrogens is 3. The zero-order chi connectivity index (χ0) is 26.1. The minimum Gasteiger partial charge on any atom is -0.494 e. The Morgan fingerprint density at radius 1 is 1.03 bits per heavy atom. The smallest absolute Gasteiger partial charge is 0.265 e. The first-order chi connectivity index (χ1) is 17.8. The van der Waals surface area contributed by atoms with Crippen LogP contribution >= 0.6 is 46.3 Å². The fraction of sp³-hybridized carbons (Fsp3) is 0.111. The Labute approximate surface area is 231 Å². The van der Waals surface area contributed by atoms with Crippen molar-refractivity contribution in [3.8, 4) is 11.6 Å². The van der Waals surface area contributed by atoms with E-state index in [9.17, 15) is 9.90 Å². The maximum Gasteiger partial charge on any atom is 0.265 e. The summed E-state index contributed by atoms with van der Waals surface area (Å²) in [4.78, 5) is 17.8. The molecule has 0 saturated carbocycles. The molecule has 3 aromatic carbocycles. The number of hydrogen-bond acceptors (Lipinski definition) is 7. The van der Waals surface area contributed by atoms with Gasteiger partial charge >= 0.3 is 0 Å². The number of benzene rings is 3. The number of aryl methyl sites for hydroxylation is 2. The number of nitrogens with zero attached hydrogens (tertiary/aromatic N) is 4. The second kappa shape index (κ2) is 10.7. The van der Waals surface area contributed by atoms with Crippen LogP contribution in [0.2, 0.25) is 10.0 Å². The molecule has 6 nitrogen and oxygen atoms in total. The summed E-state index contributed by atoms with van der Waals surface area (Å²) in [6.07, 6.45) is 1.52. The van der Waals surface area contributed by atoms with E-state index in [1.165, 1.54) is 33.9 Å². The van der Waals surface area contributed by atoms with Gasteiger partial charge in [-0.05, 0) is 49.2 Å². The van der Waals surface area contributed by atoms with Crippen LogP contribution in [0, 0.1) is 13.8 Å². The van der Waals surface area contributed by atoms with E-state index in [1.807, 2.05) is 38.1 Å². The van der Waals surface area contributed by atoms with Gasteiger partial charge in [-0.2, -0.15) is 0 Å². The first kappa shape index (κ1) is 25.5.